The lowest BCUT2D eigenvalue weighted by Crippen LogP contribution is -2.32. The maximum atomic E-state index is 13.4. The molecule has 2 aromatic rings. The van der Waals surface area contributed by atoms with E-state index in [1.54, 1.807) is 0 Å². The Morgan fingerprint density at radius 1 is 1.32 bits per heavy atom. The molecule has 0 aliphatic rings. The zero-order valence-electron chi connectivity index (χ0n) is 12.8. The van der Waals surface area contributed by atoms with Gasteiger partial charge in [0.1, 0.15) is 0 Å². The predicted molar refractivity (Wildman–Crippen MR) is 82.7 cm³/mol. The Bertz CT molecular complexity index is 788. The fourth-order valence-corrected chi connectivity index (χ4v) is 2.12. The molecule has 0 radical (unpaired) electrons. The van der Waals surface area contributed by atoms with Crippen LogP contribution in [-0.4, -0.2) is 33.3 Å². The van der Waals surface area contributed by atoms with E-state index in [1.165, 1.54) is 31.2 Å². The molecule has 0 fully saturated rings. The first-order chi connectivity index (χ1) is 11.6. The van der Waals surface area contributed by atoms with Crippen molar-refractivity contribution in [1.82, 2.24) is 15.1 Å². The minimum atomic E-state index is -4.85. The van der Waals surface area contributed by atoms with Crippen molar-refractivity contribution in [3.05, 3.63) is 46.7 Å². The van der Waals surface area contributed by atoms with Gasteiger partial charge in [-0.2, -0.15) is 18.3 Å². The Balaban J connectivity index is 2.38. The van der Waals surface area contributed by atoms with Gasteiger partial charge in [-0.3, -0.25) is 9.59 Å². The van der Waals surface area contributed by atoms with Crippen molar-refractivity contribution in [3.8, 4) is 5.69 Å². The zero-order chi connectivity index (χ0) is 18.8. The number of rotatable bonds is 5. The quantitative estimate of drug-likeness (QED) is 0.841. The fourth-order valence-electron chi connectivity index (χ4n) is 1.99. The maximum Gasteiger partial charge on any atom is 0.434 e. The second-order valence-electron chi connectivity index (χ2n) is 5.24. The molecule has 25 heavy (non-hydrogen) atoms. The molecule has 1 amide bonds. The highest BCUT2D eigenvalue weighted by molar-refractivity contribution is 6.30. The third-order valence-electron chi connectivity index (χ3n) is 3.34. The molecule has 6 nitrogen and oxygen atoms in total. The van der Waals surface area contributed by atoms with E-state index in [9.17, 15) is 22.8 Å². The van der Waals surface area contributed by atoms with Crippen molar-refractivity contribution >= 4 is 23.5 Å². The van der Waals surface area contributed by atoms with Gasteiger partial charge in [0.2, 0.25) is 0 Å². The fraction of sp³-hybridized carbons (Fsp3) is 0.267. The number of benzene rings is 1. The van der Waals surface area contributed by atoms with Crippen LogP contribution in [0.25, 0.3) is 5.69 Å². The van der Waals surface area contributed by atoms with Crippen LogP contribution in [0.2, 0.25) is 5.02 Å². The van der Waals surface area contributed by atoms with Gasteiger partial charge in [-0.1, -0.05) is 18.5 Å². The average molecular weight is 376 g/mol. The highest BCUT2D eigenvalue weighted by atomic mass is 35.5. The summed E-state index contributed by atoms with van der Waals surface area (Å²) in [5.74, 6) is -3.17. The third-order valence-corrected chi connectivity index (χ3v) is 3.60. The molecule has 1 unspecified atom stereocenters. The van der Waals surface area contributed by atoms with E-state index in [-0.39, 0.29) is 12.2 Å². The summed E-state index contributed by atoms with van der Waals surface area (Å²) < 4.78 is 40.9. The van der Waals surface area contributed by atoms with Crippen molar-refractivity contribution in [2.75, 3.05) is 6.54 Å². The summed E-state index contributed by atoms with van der Waals surface area (Å²) in [6.07, 6.45) is -4.06. The zero-order valence-corrected chi connectivity index (χ0v) is 13.6. The number of carbonyl (C=O) groups is 2. The minimum absolute atomic E-state index is 0.0784. The molecule has 10 heteroatoms. The summed E-state index contributed by atoms with van der Waals surface area (Å²) in [4.78, 5) is 22.8. The Kier molecular flexibility index (Phi) is 5.36. The third kappa shape index (κ3) is 4.30. The molecule has 0 aliphatic carbocycles. The molecular weight excluding hydrogens is 363 g/mol. The van der Waals surface area contributed by atoms with Crippen molar-refractivity contribution in [3.63, 3.8) is 0 Å². The van der Waals surface area contributed by atoms with Crippen molar-refractivity contribution in [2.24, 2.45) is 5.92 Å². The van der Waals surface area contributed by atoms with Crippen LogP contribution in [0.4, 0.5) is 13.2 Å². The van der Waals surface area contributed by atoms with Gasteiger partial charge < -0.3 is 10.4 Å². The molecule has 0 saturated carbocycles. The van der Waals surface area contributed by atoms with Gasteiger partial charge in [0.15, 0.2) is 5.69 Å². The van der Waals surface area contributed by atoms with E-state index < -0.39 is 35.2 Å². The molecule has 0 bridgehead atoms. The number of amides is 1. The first-order valence-corrected chi connectivity index (χ1v) is 7.41. The molecule has 134 valence electrons. The van der Waals surface area contributed by atoms with E-state index in [4.69, 9.17) is 16.7 Å². The standard InChI is InChI=1S/C15H13ClF3N3O3/c1-8(14(24)25)6-20-13(23)11-7-21-22(12(11)15(17,18)19)10-4-2-9(16)3-5-10/h2-5,7-8H,6H2,1H3,(H,20,23)(H,24,25). The molecule has 0 spiro atoms. The number of aromatic nitrogens is 2. The van der Waals surface area contributed by atoms with Crippen LogP contribution in [0, 0.1) is 5.92 Å². The number of halogens is 4. The topological polar surface area (TPSA) is 84.2 Å². The molecule has 1 aromatic carbocycles. The first kappa shape index (κ1) is 18.8. The second-order valence-corrected chi connectivity index (χ2v) is 5.68. The number of hydrogen-bond donors (Lipinski definition) is 2. The van der Waals surface area contributed by atoms with Crippen molar-refractivity contribution < 1.29 is 27.9 Å². The minimum Gasteiger partial charge on any atom is -0.481 e. The number of carboxylic acid groups (broad SMARTS) is 1. The summed E-state index contributed by atoms with van der Waals surface area (Å²) in [7, 11) is 0. The van der Waals surface area contributed by atoms with Gasteiger partial charge in [-0.05, 0) is 24.3 Å². The number of carbonyl (C=O) groups excluding carboxylic acids is 1. The van der Waals surface area contributed by atoms with Gasteiger partial charge in [-0.15, -0.1) is 0 Å². The van der Waals surface area contributed by atoms with Crippen molar-refractivity contribution in [2.45, 2.75) is 13.1 Å². The number of carboxylic acids is 1. The lowest BCUT2D eigenvalue weighted by atomic mass is 10.1. The summed E-state index contributed by atoms with van der Waals surface area (Å²) >= 11 is 5.72. The van der Waals surface area contributed by atoms with E-state index in [1.807, 2.05) is 0 Å². The van der Waals surface area contributed by atoms with E-state index in [0.717, 1.165) is 6.20 Å². The van der Waals surface area contributed by atoms with Gasteiger partial charge in [0.25, 0.3) is 5.91 Å². The summed E-state index contributed by atoms with van der Waals surface area (Å²) in [5.41, 5.74) is -1.87. The Labute approximate surface area is 145 Å². The molecule has 2 N–H and O–H groups in total. The SMILES string of the molecule is CC(CNC(=O)c1cnn(-c2ccc(Cl)cc2)c1C(F)(F)F)C(=O)O. The monoisotopic (exact) mass is 375 g/mol. The van der Waals surface area contributed by atoms with Crippen LogP contribution >= 0.6 is 11.6 Å². The number of alkyl halides is 3. The smallest absolute Gasteiger partial charge is 0.434 e. The van der Waals surface area contributed by atoms with Crippen LogP contribution in [0.5, 0.6) is 0 Å². The van der Waals surface area contributed by atoms with Crippen molar-refractivity contribution in [1.29, 1.82) is 0 Å². The number of hydrogen-bond acceptors (Lipinski definition) is 3. The Morgan fingerprint density at radius 2 is 1.92 bits per heavy atom. The second kappa shape index (κ2) is 7.14. The molecule has 1 aromatic heterocycles. The first-order valence-electron chi connectivity index (χ1n) is 7.03. The Morgan fingerprint density at radius 3 is 2.44 bits per heavy atom. The highest BCUT2D eigenvalue weighted by Gasteiger charge is 2.40. The number of aliphatic carboxylic acids is 1. The van der Waals surface area contributed by atoms with Crippen LogP contribution in [0.3, 0.4) is 0 Å². The number of nitrogens with one attached hydrogen (secondary N) is 1. The largest absolute Gasteiger partial charge is 0.481 e. The van der Waals surface area contributed by atoms with Gasteiger partial charge >= 0.3 is 12.1 Å². The normalized spacial score (nSPS) is 12.7. The predicted octanol–water partition coefficient (Wildman–Crippen LogP) is 3.00. The molecule has 1 atom stereocenters. The molecule has 0 saturated heterocycles. The molecule has 2 rings (SSSR count). The molecule has 0 aliphatic heterocycles. The van der Waals surface area contributed by atoms with Gasteiger partial charge in [0.05, 0.1) is 23.4 Å². The van der Waals surface area contributed by atoms with E-state index >= 15 is 0 Å². The number of nitrogens with zero attached hydrogens (tertiary/aromatic N) is 2. The van der Waals surface area contributed by atoms with Crippen LogP contribution < -0.4 is 5.32 Å². The summed E-state index contributed by atoms with van der Waals surface area (Å²) in [6, 6.07) is 5.46. The molecular formula is C15H13ClF3N3O3. The van der Waals surface area contributed by atoms with Gasteiger partial charge in [-0.25, -0.2) is 4.68 Å². The van der Waals surface area contributed by atoms with Gasteiger partial charge in [0, 0.05) is 11.6 Å². The maximum absolute atomic E-state index is 13.4. The van der Waals surface area contributed by atoms with Crippen LogP contribution in [0.15, 0.2) is 30.5 Å². The summed E-state index contributed by atoms with van der Waals surface area (Å²) in [5, 5.41) is 14.9. The molecule has 1 heterocycles. The Hall–Kier alpha value is -2.55. The van der Waals surface area contributed by atoms with Crippen LogP contribution in [0.1, 0.15) is 23.0 Å². The lowest BCUT2D eigenvalue weighted by Gasteiger charge is -2.13. The average Bonchev–Trinajstić information content (AvgIpc) is 2.98. The van der Waals surface area contributed by atoms with E-state index in [0.29, 0.717) is 9.70 Å². The summed E-state index contributed by atoms with van der Waals surface area (Å²) in [6.45, 7) is 1.02. The highest BCUT2D eigenvalue weighted by Crippen LogP contribution is 2.33. The van der Waals surface area contributed by atoms with Crippen LogP contribution in [-0.2, 0) is 11.0 Å². The lowest BCUT2D eigenvalue weighted by molar-refractivity contribution is -0.143. The van der Waals surface area contributed by atoms with E-state index in [2.05, 4.69) is 10.4 Å².